The highest BCUT2D eigenvalue weighted by atomic mass is 19.4. The molecule has 1 saturated heterocycles. The average molecular weight is 346 g/mol. The van der Waals surface area contributed by atoms with Crippen LogP contribution in [0.25, 0.3) is 0 Å². The Bertz CT molecular complexity index is 557. The first-order valence-electron chi connectivity index (χ1n) is 7.72. The predicted octanol–water partition coefficient (Wildman–Crippen LogP) is 3.63. The summed E-state index contributed by atoms with van der Waals surface area (Å²) < 4.78 is 55.6. The van der Waals surface area contributed by atoms with E-state index in [1.807, 2.05) is 30.3 Å². The fourth-order valence-electron chi connectivity index (χ4n) is 2.79. The van der Waals surface area contributed by atoms with Gasteiger partial charge in [0, 0.05) is 6.92 Å². The molecule has 0 saturated carbocycles. The summed E-state index contributed by atoms with van der Waals surface area (Å²) in [6.45, 7) is 3.91. The number of ether oxygens (including phenoxy) is 3. The summed E-state index contributed by atoms with van der Waals surface area (Å²) in [7, 11) is 0. The summed E-state index contributed by atoms with van der Waals surface area (Å²) in [4.78, 5) is 11.3. The number of hydrogen-bond acceptors (Lipinski definition) is 4. The molecule has 0 aliphatic carbocycles. The van der Waals surface area contributed by atoms with Crippen LogP contribution in [0.5, 0.6) is 0 Å². The molecule has 3 atom stereocenters. The van der Waals surface area contributed by atoms with Gasteiger partial charge in [-0.25, -0.2) is 0 Å². The molecule has 7 heteroatoms. The van der Waals surface area contributed by atoms with Crippen molar-refractivity contribution in [3.05, 3.63) is 35.9 Å². The van der Waals surface area contributed by atoms with Gasteiger partial charge in [-0.1, -0.05) is 30.3 Å². The first-order valence-corrected chi connectivity index (χ1v) is 7.72. The van der Waals surface area contributed by atoms with Gasteiger partial charge in [0.15, 0.2) is 18.0 Å². The number of alkyl halides is 3. The molecule has 4 nitrogen and oxygen atoms in total. The number of benzene rings is 1. The lowest BCUT2D eigenvalue weighted by molar-refractivity contribution is -0.383. The van der Waals surface area contributed by atoms with Gasteiger partial charge in [-0.2, -0.15) is 13.2 Å². The molecule has 1 fully saturated rings. The topological polar surface area (TPSA) is 44.8 Å². The highest BCUT2D eigenvalue weighted by Crippen LogP contribution is 2.38. The van der Waals surface area contributed by atoms with E-state index in [0.717, 1.165) is 12.5 Å². The molecule has 134 valence electrons. The number of halogens is 3. The molecule has 1 aliphatic rings. The summed E-state index contributed by atoms with van der Waals surface area (Å²) in [5, 5.41) is 0. The van der Waals surface area contributed by atoms with Gasteiger partial charge in [0.05, 0.1) is 0 Å². The van der Waals surface area contributed by atoms with E-state index in [-0.39, 0.29) is 6.42 Å². The van der Waals surface area contributed by atoms with Crippen LogP contribution in [0.15, 0.2) is 30.3 Å². The molecule has 1 aromatic rings. The zero-order valence-electron chi connectivity index (χ0n) is 13.8. The van der Waals surface area contributed by atoms with Crippen molar-refractivity contribution in [2.75, 3.05) is 0 Å². The molecule has 0 unspecified atom stereocenters. The van der Waals surface area contributed by atoms with E-state index in [4.69, 9.17) is 14.2 Å². The van der Waals surface area contributed by atoms with Crippen LogP contribution in [-0.4, -0.2) is 36.2 Å². The van der Waals surface area contributed by atoms with E-state index in [9.17, 15) is 18.0 Å². The second-order valence-electron chi connectivity index (χ2n) is 6.23. The third-order valence-electron chi connectivity index (χ3n) is 3.70. The maximum absolute atomic E-state index is 13.3. The van der Waals surface area contributed by atoms with Crippen LogP contribution in [-0.2, 0) is 25.4 Å². The Hall–Kier alpha value is -1.60. The smallest absolute Gasteiger partial charge is 0.418 e. The van der Waals surface area contributed by atoms with Crippen LogP contribution < -0.4 is 0 Å². The lowest BCUT2D eigenvalue weighted by Crippen LogP contribution is -2.60. The van der Waals surface area contributed by atoms with Crippen LogP contribution >= 0.6 is 0 Å². The maximum Gasteiger partial charge on any atom is 0.418 e. The van der Waals surface area contributed by atoms with Crippen LogP contribution in [0.4, 0.5) is 13.2 Å². The Morgan fingerprint density at radius 3 is 2.38 bits per heavy atom. The summed E-state index contributed by atoms with van der Waals surface area (Å²) in [5.74, 6) is -2.22. The van der Waals surface area contributed by atoms with Crippen molar-refractivity contribution in [3.8, 4) is 0 Å². The highest BCUT2D eigenvalue weighted by molar-refractivity contribution is 5.66. The molecule has 1 aliphatic heterocycles. The van der Waals surface area contributed by atoms with Crippen LogP contribution in [0.3, 0.4) is 0 Å². The molecule has 1 heterocycles. The monoisotopic (exact) mass is 346 g/mol. The number of esters is 1. The van der Waals surface area contributed by atoms with Crippen LogP contribution in [0.1, 0.15) is 32.8 Å². The SMILES string of the molecule is CC(=O)O[C@H]1[C@H](CCc2ccccc2)OC(C)(C)O[C@@H]1C(F)(F)F. The maximum atomic E-state index is 13.3. The lowest BCUT2D eigenvalue weighted by Gasteiger charge is -2.45. The molecule has 0 aromatic heterocycles. The Balaban J connectivity index is 2.20. The molecule has 0 radical (unpaired) electrons. The van der Waals surface area contributed by atoms with E-state index in [1.54, 1.807) is 0 Å². The number of carbonyl (C=O) groups excluding carboxylic acids is 1. The minimum Gasteiger partial charge on any atom is -0.457 e. The Labute approximate surface area is 138 Å². The van der Waals surface area contributed by atoms with E-state index in [2.05, 4.69) is 0 Å². The summed E-state index contributed by atoms with van der Waals surface area (Å²) in [6, 6.07) is 9.33. The first kappa shape index (κ1) is 18.7. The predicted molar refractivity (Wildman–Crippen MR) is 80.2 cm³/mol. The van der Waals surface area contributed by atoms with E-state index in [1.165, 1.54) is 13.8 Å². The van der Waals surface area contributed by atoms with Crippen molar-refractivity contribution in [3.63, 3.8) is 0 Å². The Kier molecular flexibility index (Phi) is 5.55. The lowest BCUT2D eigenvalue weighted by atomic mass is 9.97. The number of aryl methyl sites for hydroxylation is 1. The van der Waals surface area contributed by atoms with Crippen molar-refractivity contribution in [2.24, 2.45) is 0 Å². The van der Waals surface area contributed by atoms with Crippen LogP contribution in [0, 0.1) is 0 Å². The zero-order chi connectivity index (χ0) is 18.0. The van der Waals surface area contributed by atoms with Gasteiger partial charge < -0.3 is 14.2 Å². The van der Waals surface area contributed by atoms with Crippen molar-refractivity contribution in [1.29, 1.82) is 0 Å². The van der Waals surface area contributed by atoms with Gasteiger partial charge in [0.2, 0.25) is 0 Å². The molecule has 0 N–H and O–H groups in total. The third-order valence-corrected chi connectivity index (χ3v) is 3.70. The average Bonchev–Trinajstić information content (AvgIpc) is 2.46. The first-order chi connectivity index (χ1) is 11.1. The summed E-state index contributed by atoms with van der Waals surface area (Å²) in [5.41, 5.74) is 0.968. The molecule has 0 amide bonds. The molecule has 24 heavy (non-hydrogen) atoms. The molecule has 0 bridgehead atoms. The fourth-order valence-corrected chi connectivity index (χ4v) is 2.79. The molecule has 0 spiro atoms. The van der Waals surface area contributed by atoms with Crippen molar-refractivity contribution in [1.82, 2.24) is 0 Å². The van der Waals surface area contributed by atoms with E-state index < -0.39 is 36.2 Å². The standard InChI is InChI=1S/C17H21F3O4/c1-11(21)22-14-13(10-9-12-7-5-4-6-8-12)23-16(2,3)24-15(14)17(18,19)20/h4-8,13-15H,9-10H2,1-3H3/t13-,14-,15-/m0/s1. The number of carbonyl (C=O) groups is 1. The second kappa shape index (κ2) is 7.11. The van der Waals surface area contributed by atoms with Crippen LogP contribution in [0.2, 0.25) is 0 Å². The molecule has 1 aromatic carbocycles. The number of hydrogen-bond donors (Lipinski definition) is 0. The van der Waals surface area contributed by atoms with Crippen molar-refractivity contribution >= 4 is 5.97 Å². The minimum atomic E-state index is -4.66. The van der Waals surface area contributed by atoms with Gasteiger partial charge in [0.25, 0.3) is 0 Å². The normalized spacial score (nSPS) is 26.8. The molecular weight excluding hydrogens is 325 g/mol. The van der Waals surface area contributed by atoms with Gasteiger partial charge in [-0.15, -0.1) is 0 Å². The zero-order valence-corrected chi connectivity index (χ0v) is 13.8. The molecule has 2 rings (SSSR count). The van der Waals surface area contributed by atoms with Gasteiger partial charge in [0.1, 0.15) is 6.10 Å². The van der Waals surface area contributed by atoms with Crippen molar-refractivity contribution < 1.29 is 32.2 Å². The minimum absolute atomic E-state index is 0.279. The number of rotatable bonds is 4. The largest absolute Gasteiger partial charge is 0.457 e. The Morgan fingerprint density at radius 2 is 1.83 bits per heavy atom. The fraction of sp³-hybridized carbons (Fsp3) is 0.588. The summed E-state index contributed by atoms with van der Waals surface area (Å²) >= 11 is 0. The van der Waals surface area contributed by atoms with Gasteiger partial charge >= 0.3 is 12.1 Å². The molecular formula is C17H21F3O4. The van der Waals surface area contributed by atoms with E-state index >= 15 is 0 Å². The summed E-state index contributed by atoms with van der Waals surface area (Å²) in [6.07, 6.45) is -8.54. The van der Waals surface area contributed by atoms with Crippen molar-refractivity contribution in [2.45, 2.75) is 63.9 Å². The second-order valence-corrected chi connectivity index (χ2v) is 6.23. The Morgan fingerprint density at radius 1 is 1.21 bits per heavy atom. The van der Waals surface area contributed by atoms with Gasteiger partial charge in [-0.05, 0) is 32.3 Å². The third kappa shape index (κ3) is 4.95. The van der Waals surface area contributed by atoms with Gasteiger partial charge in [-0.3, -0.25) is 4.79 Å². The quantitative estimate of drug-likeness (QED) is 0.781. The van der Waals surface area contributed by atoms with E-state index in [0.29, 0.717) is 6.42 Å². The highest BCUT2D eigenvalue weighted by Gasteiger charge is 2.56.